The van der Waals surface area contributed by atoms with Gasteiger partial charge < -0.3 is 0 Å². The number of fused-ring (bicyclic) bond motifs is 3. The number of rotatable bonds is 2. The second-order valence-electron chi connectivity index (χ2n) is 8.31. The van der Waals surface area contributed by atoms with Crippen molar-refractivity contribution in [2.24, 2.45) is 28.8 Å². The Labute approximate surface area is 168 Å². The molecule has 0 N–H and O–H groups in total. The summed E-state index contributed by atoms with van der Waals surface area (Å²) in [5.41, 5.74) is 0.940. The van der Waals surface area contributed by atoms with E-state index in [-0.39, 0.29) is 35.5 Å². The van der Waals surface area contributed by atoms with E-state index < -0.39 is 0 Å². The van der Waals surface area contributed by atoms with Crippen LogP contribution in [-0.2, 0) is 9.59 Å². The average Bonchev–Trinajstić information content (AvgIpc) is 3.04. The molecule has 0 aromatic heterocycles. The fourth-order valence-corrected chi connectivity index (χ4v) is 5.48. The van der Waals surface area contributed by atoms with E-state index in [1.165, 1.54) is 0 Å². The Morgan fingerprint density at radius 2 is 1.31 bits per heavy atom. The van der Waals surface area contributed by atoms with Crippen LogP contribution in [-0.4, -0.2) is 23.0 Å². The molecule has 1 saturated carbocycles. The SMILES string of the molecule is O=C1[C@H]2[C@H](C(=O)N1/N=C\c1c3ccccc3cc3ccccc13)[C@H]1C=C[C@H]2CC1. The van der Waals surface area contributed by atoms with Crippen LogP contribution < -0.4 is 0 Å². The van der Waals surface area contributed by atoms with Crippen LogP contribution in [0.25, 0.3) is 21.5 Å². The van der Waals surface area contributed by atoms with E-state index in [4.69, 9.17) is 0 Å². The molecule has 142 valence electrons. The molecular weight excluding hydrogens is 360 g/mol. The molecule has 0 unspecified atom stereocenters. The van der Waals surface area contributed by atoms with Gasteiger partial charge in [-0.15, -0.1) is 0 Å². The summed E-state index contributed by atoms with van der Waals surface area (Å²) in [5, 5.41) is 9.95. The molecule has 7 rings (SSSR count). The second kappa shape index (κ2) is 6.11. The van der Waals surface area contributed by atoms with Crippen LogP contribution in [0, 0.1) is 23.7 Å². The molecule has 3 aliphatic carbocycles. The van der Waals surface area contributed by atoms with Gasteiger partial charge in [0.05, 0.1) is 18.1 Å². The molecule has 4 atom stereocenters. The van der Waals surface area contributed by atoms with Crippen LogP contribution in [0.15, 0.2) is 71.9 Å². The van der Waals surface area contributed by atoms with Crippen LogP contribution >= 0.6 is 0 Å². The molecule has 4 nitrogen and oxygen atoms in total. The van der Waals surface area contributed by atoms with Gasteiger partial charge in [0.25, 0.3) is 11.8 Å². The highest BCUT2D eigenvalue weighted by atomic mass is 16.2. The highest BCUT2D eigenvalue weighted by Gasteiger charge is 2.56. The average molecular weight is 380 g/mol. The van der Waals surface area contributed by atoms with Gasteiger partial charge in [-0.1, -0.05) is 60.7 Å². The Kier molecular flexibility index (Phi) is 3.51. The number of hydrogen-bond acceptors (Lipinski definition) is 3. The van der Waals surface area contributed by atoms with Crippen LogP contribution in [0.5, 0.6) is 0 Å². The smallest absolute Gasteiger partial charge is 0.254 e. The Bertz CT molecular complexity index is 1160. The highest BCUT2D eigenvalue weighted by molar-refractivity contribution is 6.14. The number of benzene rings is 3. The highest BCUT2D eigenvalue weighted by Crippen LogP contribution is 2.49. The zero-order valence-electron chi connectivity index (χ0n) is 15.9. The summed E-state index contributed by atoms with van der Waals surface area (Å²) in [7, 11) is 0. The molecule has 1 saturated heterocycles. The molecule has 3 aromatic carbocycles. The molecule has 0 spiro atoms. The molecule has 2 bridgehead atoms. The first kappa shape index (κ1) is 16.7. The third kappa shape index (κ3) is 2.35. The topological polar surface area (TPSA) is 49.7 Å². The second-order valence-corrected chi connectivity index (χ2v) is 8.31. The van der Waals surface area contributed by atoms with Crippen LogP contribution in [0.4, 0.5) is 0 Å². The Morgan fingerprint density at radius 1 is 0.793 bits per heavy atom. The molecule has 4 heteroatoms. The maximum Gasteiger partial charge on any atom is 0.254 e. The van der Waals surface area contributed by atoms with E-state index in [0.717, 1.165) is 45.0 Å². The fraction of sp³-hybridized carbons (Fsp3) is 0.240. The van der Waals surface area contributed by atoms with Crippen molar-refractivity contribution in [3.8, 4) is 0 Å². The molecule has 3 aromatic rings. The molecule has 2 amide bonds. The minimum Gasteiger partial charge on any atom is -0.272 e. The maximum absolute atomic E-state index is 13.0. The van der Waals surface area contributed by atoms with Crippen molar-refractivity contribution in [1.82, 2.24) is 5.01 Å². The van der Waals surface area contributed by atoms with E-state index in [1.807, 2.05) is 24.3 Å². The first-order valence-electron chi connectivity index (χ1n) is 10.2. The quantitative estimate of drug-likeness (QED) is 0.284. The molecule has 1 aliphatic heterocycles. The third-order valence-electron chi connectivity index (χ3n) is 6.85. The first-order valence-corrected chi connectivity index (χ1v) is 10.2. The number of hydrogen-bond donors (Lipinski definition) is 0. The summed E-state index contributed by atoms with van der Waals surface area (Å²) in [6.07, 6.45) is 7.95. The number of amides is 2. The van der Waals surface area contributed by atoms with E-state index in [0.29, 0.717) is 0 Å². The lowest BCUT2D eigenvalue weighted by Gasteiger charge is -2.37. The minimum absolute atomic E-state index is 0.139. The Morgan fingerprint density at radius 3 is 1.83 bits per heavy atom. The Hall–Kier alpha value is -3.27. The van der Waals surface area contributed by atoms with Crippen molar-refractivity contribution in [1.29, 1.82) is 0 Å². The zero-order chi connectivity index (χ0) is 19.5. The number of imide groups is 1. The monoisotopic (exact) mass is 380 g/mol. The fourth-order valence-electron chi connectivity index (χ4n) is 5.48. The summed E-state index contributed by atoms with van der Waals surface area (Å²) in [6.45, 7) is 0. The number of carbonyl (C=O) groups is 2. The van der Waals surface area contributed by atoms with Gasteiger partial charge in [0.1, 0.15) is 0 Å². The maximum atomic E-state index is 13.0. The van der Waals surface area contributed by atoms with E-state index in [9.17, 15) is 9.59 Å². The normalized spacial score (nSPS) is 28.2. The predicted molar refractivity (Wildman–Crippen MR) is 113 cm³/mol. The van der Waals surface area contributed by atoms with Crippen LogP contribution in [0.3, 0.4) is 0 Å². The summed E-state index contributed by atoms with van der Waals surface area (Å²) < 4.78 is 0. The number of nitrogens with zero attached hydrogens (tertiary/aromatic N) is 2. The lowest BCUT2D eigenvalue weighted by Crippen LogP contribution is -2.38. The summed E-state index contributed by atoms with van der Waals surface area (Å²) in [4.78, 5) is 26.1. The third-order valence-corrected chi connectivity index (χ3v) is 6.85. The van der Waals surface area contributed by atoms with Crippen molar-refractivity contribution in [3.05, 3.63) is 72.3 Å². The van der Waals surface area contributed by atoms with Crippen molar-refractivity contribution >= 4 is 39.6 Å². The van der Waals surface area contributed by atoms with E-state index in [2.05, 4.69) is 47.6 Å². The Balaban J connectivity index is 1.45. The standard InChI is InChI=1S/C25H20N2O2/c28-24-22-15-9-10-16(12-11-15)23(22)25(29)27(24)26-14-21-19-7-3-1-5-17(19)13-18-6-2-4-8-20(18)21/h1-10,13-16,22-23H,11-12H2/b26-14-/t15-,16-,22+,23+/m0/s1. The summed E-state index contributed by atoms with van der Waals surface area (Å²) >= 11 is 0. The van der Waals surface area contributed by atoms with Crippen molar-refractivity contribution < 1.29 is 9.59 Å². The van der Waals surface area contributed by atoms with E-state index in [1.54, 1.807) is 6.21 Å². The largest absolute Gasteiger partial charge is 0.272 e. The van der Waals surface area contributed by atoms with Gasteiger partial charge in [0.15, 0.2) is 0 Å². The number of hydrazone groups is 1. The van der Waals surface area contributed by atoms with Gasteiger partial charge >= 0.3 is 0 Å². The number of allylic oxidation sites excluding steroid dienone is 2. The molecule has 29 heavy (non-hydrogen) atoms. The van der Waals surface area contributed by atoms with E-state index >= 15 is 0 Å². The van der Waals surface area contributed by atoms with Gasteiger partial charge in [0, 0.05) is 5.56 Å². The lowest BCUT2D eigenvalue weighted by atomic mass is 9.63. The van der Waals surface area contributed by atoms with Gasteiger partial charge in [-0.05, 0) is 52.3 Å². The van der Waals surface area contributed by atoms with Gasteiger partial charge in [-0.2, -0.15) is 10.1 Å². The molecule has 4 aliphatic rings. The van der Waals surface area contributed by atoms with Gasteiger partial charge in [-0.25, -0.2) is 0 Å². The van der Waals surface area contributed by atoms with Crippen LogP contribution in [0.1, 0.15) is 18.4 Å². The van der Waals surface area contributed by atoms with Crippen LogP contribution in [0.2, 0.25) is 0 Å². The molecular formula is C25H20N2O2. The lowest BCUT2D eigenvalue weighted by molar-refractivity contribution is -0.140. The summed E-state index contributed by atoms with van der Waals surface area (Å²) in [5.74, 6) is -0.375. The molecule has 1 heterocycles. The summed E-state index contributed by atoms with van der Waals surface area (Å²) in [6, 6.07) is 18.4. The minimum atomic E-state index is -0.229. The van der Waals surface area contributed by atoms with Gasteiger partial charge in [-0.3, -0.25) is 9.59 Å². The van der Waals surface area contributed by atoms with Gasteiger partial charge in [0.2, 0.25) is 0 Å². The predicted octanol–water partition coefficient (Wildman–Crippen LogP) is 4.52. The molecule has 0 radical (unpaired) electrons. The van der Waals surface area contributed by atoms with Crippen molar-refractivity contribution in [2.75, 3.05) is 0 Å². The first-order chi connectivity index (χ1) is 14.2. The molecule has 2 fully saturated rings. The number of carbonyl (C=O) groups excluding carboxylic acids is 2. The zero-order valence-corrected chi connectivity index (χ0v) is 15.9. The van der Waals surface area contributed by atoms with Crippen molar-refractivity contribution in [2.45, 2.75) is 12.8 Å². The van der Waals surface area contributed by atoms with Crippen molar-refractivity contribution in [3.63, 3.8) is 0 Å².